The predicted molar refractivity (Wildman–Crippen MR) is 77.1 cm³/mol. The highest BCUT2D eigenvalue weighted by Crippen LogP contribution is 2.26. The second-order valence-electron chi connectivity index (χ2n) is 4.65. The Hall–Kier alpha value is -2.30. The Kier molecular flexibility index (Phi) is 4.76. The summed E-state index contributed by atoms with van der Waals surface area (Å²) in [4.78, 5) is 11.9. The molecule has 0 saturated heterocycles. The number of phenolic OH excluding ortho intramolecular Hbond substituents is 1. The van der Waals surface area contributed by atoms with E-state index in [2.05, 4.69) is 22.7 Å². The third kappa shape index (κ3) is 3.60. The van der Waals surface area contributed by atoms with Crippen molar-refractivity contribution in [1.29, 1.82) is 0 Å². The molecule has 1 aromatic carbocycles. The number of phenols is 1. The zero-order chi connectivity index (χ0) is 14.4. The molecule has 2 rings (SSSR count). The van der Waals surface area contributed by atoms with Gasteiger partial charge in [-0.05, 0) is 43.4 Å². The van der Waals surface area contributed by atoms with E-state index in [1.165, 1.54) is 25.3 Å². The summed E-state index contributed by atoms with van der Waals surface area (Å²) in [5.41, 5.74) is 2.88. The van der Waals surface area contributed by atoms with Crippen LogP contribution in [0.4, 0.5) is 0 Å². The number of hydrazone groups is 1. The number of nitrogens with zero attached hydrogens (tertiary/aromatic N) is 1. The van der Waals surface area contributed by atoms with Crippen LogP contribution in [0.2, 0.25) is 0 Å². The molecule has 0 heterocycles. The van der Waals surface area contributed by atoms with Gasteiger partial charge in [-0.3, -0.25) is 4.79 Å². The summed E-state index contributed by atoms with van der Waals surface area (Å²) in [7, 11) is 1.44. The molecule has 20 heavy (non-hydrogen) atoms. The highest BCUT2D eigenvalue weighted by Gasteiger charge is 2.10. The lowest BCUT2D eigenvalue weighted by molar-refractivity contribution is 0.0954. The van der Waals surface area contributed by atoms with Gasteiger partial charge in [0.25, 0.3) is 5.91 Å². The largest absolute Gasteiger partial charge is 0.504 e. The van der Waals surface area contributed by atoms with Crippen molar-refractivity contribution >= 4 is 12.1 Å². The maximum absolute atomic E-state index is 11.9. The van der Waals surface area contributed by atoms with Gasteiger partial charge in [-0.15, -0.1) is 0 Å². The zero-order valence-electron chi connectivity index (χ0n) is 11.4. The fourth-order valence-corrected chi connectivity index (χ4v) is 2.04. The van der Waals surface area contributed by atoms with Crippen LogP contribution in [0.5, 0.6) is 11.5 Å². The van der Waals surface area contributed by atoms with Crippen molar-refractivity contribution in [3.05, 3.63) is 35.9 Å². The van der Waals surface area contributed by atoms with E-state index < -0.39 is 0 Å². The molecular formula is C15H18N2O3. The molecule has 0 saturated carbocycles. The summed E-state index contributed by atoms with van der Waals surface area (Å²) in [6.07, 6.45) is 9.15. The second kappa shape index (κ2) is 6.75. The number of carbonyl (C=O) groups excluding carboxylic acids is 1. The van der Waals surface area contributed by atoms with Crippen molar-refractivity contribution < 1.29 is 14.6 Å². The van der Waals surface area contributed by atoms with E-state index in [0.29, 0.717) is 11.5 Å². The van der Waals surface area contributed by atoms with Crippen molar-refractivity contribution in [2.75, 3.05) is 7.11 Å². The first kappa shape index (κ1) is 14.1. The Morgan fingerprint density at radius 3 is 3.05 bits per heavy atom. The molecule has 1 aromatic rings. The minimum Gasteiger partial charge on any atom is -0.504 e. The molecule has 1 aliphatic carbocycles. The molecule has 1 atom stereocenters. The number of carbonyl (C=O) groups is 1. The highest BCUT2D eigenvalue weighted by atomic mass is 16.5. The quantitative estimate of drug-likeness (QED) is 0.503. The van der Waals surface area contributed by atoms with Gasteiger partial charge < -0.3 is 9.84 Å². The van der Waals surface area contributed by atoms with E-state index in [1.807, 2.05) is 0 Å². The number of rotatable bonds is 4. The molecule has 1 unspecified atom stereocenters. The molecule has 0 aliphatic heterocycles. The molecule has 5 nitrogen and oxygen atoms in total. The lowest BCUT2D eigenvalue weighted by Crippen LogP contribution is -2.18. The lowest BCUT2D eigenvalue weighted by atomic mass is 9.96. The summed E-state index contributed by atoms with van der Waals surface area (Å²) >= 11 is 0. The molecule has 0 fully saturated rings. The number of hydrogen-bond donors (Lipinski definition) is 2. The van der Waals surface area contributed by atoms with Crippen molar-refractivity contribution in [3.8, 4) is 11.5 Å². The number of nitrogens with one attached hydrogen (secondary N) is 1. The van der Waals surface area contributed by atoms with Crippen LogP contribution in [0.3, 0.4) is 0 Å². The summed E-state index contributed by atoms with van der Waals surface area (Å²) < 4.78 is 4.96. The Morgan fingerprint density at radius 2 is 2.35 bits per heavy atom. The van der Waals surface area contributed by atoms with Gasteiger partial charge in [0.2, 0.25) is 0 Å². The summed E-state index contributed by atoms with van der Waals surface area (Å²) in [6, 6.07) is 4.42. The SMILES string of the molecule is COc1cc(C(=O)NN=CC2CC=CCC2)ccc1O. The van der Waals surface area contributed by atoms with E-state index >= 15 is 0 Å². The number of allylic oxidation sites excluding steroid dienone is 2. The van der Waals surface area contributed by atoms with E-state index in [1.54, 1.807) is 6.21 Å². The van der Waals surface area contributed by atoms with Crippen LogP contribution < -0.4 is 10.2 Å². The second-order valence-corrected chi connectivity index (χ2v) is 4.65. The van der Waals surface area contributed by atoms with Crippen LogP contribution in [-0.2, 0) is 0 Å². The van der Waals surface area contributed by atoms with Gasteiger partial charge in [0.05, 0.1) is 7.11 Å². The van der Waals surface area contributed by atoms with E-state index in [9.17, 15) is 9.90 Å². The summed E-state index contributed by atoms with van der Waals surface area (Å²) in [6.45, 7) is 0. The van der Waals surface area contributed by atoms with Crippen LogP contribution in [0, 0.1) is 5.92 Å². The number of benzene rings is 1. The van der Waals surface area contributed by atoms with Gasteiger partial charge in [0.15, 0.2) is 11.5 Å². The van der Waals surface area contributed by atoms with Crippen LogP contribution in [0.25, 0.3) is 0 Å². The van der Waals surface area contributed by atoms with Crippen molar-refractivity contribution in [3.63, 3.8) is 0 Å². The molecule has 106 valence electrons. The minimum absolute atomic E-state index is 0.00143. The molecular weight excluding hydrogens is 256 g/mol. The van der Waals surface area contributed by atoms with E-state index in [0.717, 1.165) is 19.3 Å². The normalized spacial score (nSPS) is 18.1. The zero-order valence-corrected chi connectivity index (χ0v) is 11.4. The first-order valence-corrected chi connectivity index (χ1v) is 6.56. The Morgan fingerprint density at radius 1 is 1.50 bits per heavy atom. The van der Waals surface area contributed by atoms with Crippen molar-refractivity contribution in [1.82, 2.24) is 5.43 Å². The van der Waals surface area contributed by atoms with Gasteiger partial charge in [-0.2, -0.15) is 5.10 Å². The molecule has 1 aliphatic rings. The van der Waals surface area contributed by atoms with Gasteiger partial charge >= 0.3 is 0 Å². The first-order chi connectivity index (χ1) is 9.70. The molecule has 0 spiro atoms. The maximum Gasteiger partial charge on any atom is 0.271 e. The average Bonchev–Trinajstić information content (AvgIpc) is 2.48. The number of methoxy groups -OCH3 is 1. The summed E-state index contributed by atoms with van der Waals surface area (Å²) in [5.74, 6) is 0.321. The van der Waals surface area contributed by atoms with Crippen LogP contribution in [0.1, 0.15) is 29.6 Å². The number of amides is 1. The molecule has 0 radical (unpaired) electrons. The minimum atomic E-state index is -0.328. The fraction of sp³-hybridized carbons (Fsp3) is 0.333. The third-order valence-electron chi connectivity index (χ3n) is 3.20. The Balaban J connectivity index is 1.94. The molecule has 0 aromatic heterocycles. The Labute approximate surface area is 118 Å². The number of aromatic hydroxyl groups is 1. The van der Waals surface area contributed by atoms with Gasteiger partial charge in [-0.25, -0.2) is 5.43 Å². The molecule has 0 bridgehead atoms. The van der Waals surface area contributed by atoms with E-state index in [4.69, 9.17) is 4.74 Å². The van der Waals surface area contributed by atoms with Gasteiger partial charge in [-0.1, -0.05) is 12.2 Å². The lowest BCUT2D eigenvalue weighted by Gasteiger charge is -2.11. The fourth-order valence-electron chi connectivity index (χ4n) is 2.04. The van der Waals surface area contributed by atoms with Gasteiger partial charge in [0.1, 0.15) is 0 Å². The average molecular weight is 274 g/mol. The summed E-state index contributed by atoms with van der Waals surface area (Å²) in [5, 5.41) is 13.5. The predicted octanol–water partition coefficient (Wildman–Crippen LogP) is 2.47. The van der Waals surface area contributed by atoms with Crippen LogP contribution in [-0.4, -0.2) is 24.3 Å². The molecule has 1 amide bonds. The smallest absolute Gasteiger partial charge is 0.271 e. The third-order valence-corrected chi connectivity index (χ3v) is 3.20. The monoisotopic (exact) mass is 274 g/mol. The van der Waals surface area contributed by atoms with Crippen LogP contribution in [0.15, 0.2) is 35.5 Å². The number of ether oxygens (including phenoxy) is 1. The molecule has 2 N–H and O–H groups in total. The van der Waals surface area contributed by atoms with E-state index in [-0.39, 0.29) is 17.4 Å². The highest BCUT2D eigenvalue weighted by molar-refractivity contribution is 5.95. The molecule has 5 heteroatoms. The van der Waals surface area contributed by atoms with Crippen molar-refractivity contribution in [2.45, 2.75) is 19.3 Å². The maximum atomic E-state index is 11.9. The van der Waals surface area contributed by atoms with Gasteiger partial charge in [0, 0.05) is 11.8 Å². The number of hydrogen-bond acceptors (Lipinski definition) is 4. The first-order valence-electron chi connectivity index (χ1n) is 6.56. The van der Waals surface area contributed by atoms with Crippen molar-refractivity contribution in [2.24, 2.45) is 11.0 Å². The topological polar surface area (TPSA) is 70.9 Å². The Bertz CT molecular complexity index is 538. The standard InChI is InChI=1S/C15H18N2O3/c1-20-14-9-12(7-8-13(14)18)15(19)17-16-10-11-5-3-2-4-6-11/h2-3,7-11,18H,4-6H2,1H3,(H,17,19). The van der Waals surface area contributed by atoms with Crippen LogP contribution >= 0.6 is 0 Å².